The zero-order chi connectivity index (χ0) is 17.6. The summed E-state index contributed by atoms with van der Waals surface area (Å²) in [5.41, 5.74) is 5.82. The molecule has 0 saturated carbocycles. The normalized spacial score (nSPS) is 11.6. The highest BCUT2D eigenvalue weighted by molar-refractivity contribution is 7.80. The van der Waals surface area contributed by atoms with Crippen molar-refractivity contribution in [3.8, 4) is 0 Å². The van der Waals surface area contributed by atoms with Crippen LogP contribution in [0.3, 0.4) is 0 Å². The van der Waals surface area contributed by atoms with Gasteiger partial charge in [-0.3, -0.25) is 0 Å². The van der Waals surface area contributed by atoms with Gasteiger partial charge in [0.25, 0.3) is 0 Å². The molecule has 0 saturated heterocycles. The van der Waals surface area contributed by atoms with Gasteiger partial charge in [0.2, 0.25) is 0 Å². The molecule has 0 aliphatic heterocycles. The SMILES string of the molecule is Cc1ccc(NC(=S)N[C@H](c2ccccc2)c2cccc(C)c2)cc1. The van der Waals surface area contributed by atoms with E-state index in [1.165, 1.54) is 22.3 Å². The Bertz CT molecular complexity index is 841. The second kappa shape index (κ2) is 7.95. The Hall–Kier alpha value is -2.65. The lowest BCUT2D eigenvalue weighted by Crippen LogP contribution is -2.33. The second-order valence-corrected chi connectivity index (χ2v) is 6.63. The molecule has 0 bridgehead atoms. The number of aryl methyl sites for hydroxylation is 2. The smallest absolute Gasteiger partial charge is 0.171 e. The Balaban J connectivity index is 1.82. The number of thiocarbonyl (C=S) groups is 1. The van der Waals surface area contributed by atoms with Crippen molar-refractivity contribution in [1.82, 2.24) is 5.32 Å². The van der Waals surface area contributed by atoms with Crippen molar-refractivity contribution in [1.29, 1.82) is 0 Å². The highest BCUT2D eigenvalue weighted by Gasteiger charge is 2.15. The molecule has 3 aromatic carbocycles. The summed E-state index contributed by atoms with van der Waals surface area (Å²) in [5.74, 6) is 0. The fourth-order valence-electron chi connectivity index (χ4n) is 2.79. The highest BCUT2D eigenvalue weighted by atomic mass is 32.1. The largest absolute Gasteiger partial charge is 0.352 e. The van der Waals surface area contributed by atoms with Crippen LogP contribution in [0.4, 0.5) is 5.69 Å². The molecule has 1 atom stereocenters. The zero-order valence-corrected chi connectivity index (χ0v) is 15.3. The number of nitrogens with one attached hydrogen (secondary N) is 2. The summed E-state index contributed by atoms with van der Waals surface area (Å²) < 4.78 is 0. The molecule has 3 heteroatoms. The third-order valence-electron chi connectivity index (χ3n) is 4.09. The van der Waals surface area contributed by atoms with E-state index in [2.05, 4.69) is 85.1 Å². The maximum absolute atomic E-state index is 5.56. The van der Waals surface area contributed by atoms with E-state index in [0.717, 1.165) is 5.69 Å². The van der Waals surface area contributed by atoms with Crippen LogP contribution < -0.4 is 10.6 Å². The molecule has 0 unspecified atom stereocenters. The predicted octanol–water partition coefficient (Wildman–Crippen LogP) is 5.38. The van der Waals surface area contributed by atoms with Crippen molar-refractivity contribution in [2.75, 3.05) is 5.32 Å². The van der Waals surface area contributed by atoms with Crippen LogP contribution in [0.1, 0.15) is 28.3 Å². The van der Waals surface area contributed by atoms with Crippen molar-refractivity contribution in [2.45, 2.75) is 19.9 Å². The average molecular weight is 346 g/mol. The van der Waals surface area contributed by atoms with E-state index >= 15 is 0 Å². The first-order valence-corrected chi connectivity index (χ1v) is 8.78. The van der Waals surface area contributed by atoms with Crippen molar-refractivity contribution in [3.05, 3.63) is 101 Å². The van der Waals surface area contributed by atoms with E-state index in [4.69, 9.17) is 12.2 Å². The molecule has 126 valence electrons. The van der Waals surface area contributed by atoms with Crippen LogP contribution >= 0.6 is 12.2 Å². The van der Waals surface area contributed by atoms with Crippen molar-refractivity contribution < 1.29 is 0 Å². The minimum Gasteiger partial charge on any atom is -0.352 e. The molecule has 0 aromatic heterocycles. The molecule has 3 aromatic rings. The summed E-state index contributed by atoms with van der Waals surface area (Å²) in [6, 6.07) is 27.1. The minimum absolute atomic E-state index is 0.00606. The van der Waals surface area contributed by atoms with E-state index in [0.29, 0.717) is 5.11 Å². The predicted molar refractivity (Wildman–Crippen MR) is 110 cm³/mol. The number of rotatable bonds is 4. The third-order valence-corrected chi connectivity index (χ3v) is 4.31. The Morgan fingerprint density at radius 3 is 2.12 bits per heavy atom. The first kappa shape index (κ1) is 17.2. The lowest BCUT2D eigenvalue weighted by atomic mass is 9.97. The van der Waals surface area contributed by atoms with Crippen LogP contribution in [0.5, 0.6) is 0 Å². The maximum Gasteiger partial charge on any atom is 0.171 e. The van der Waals surface area contributed by atoms with Crippen LogP contribution in [0.2, 0.25) is 0 Å². The van der Waals surface area contributed by atoms with Gasteiger partial charge in [0.15, 0.2) is 5.11 Å². The Morgan fingerprint density at radius 2 is 1.44 bits per heavy atom. The zero-order valence-electron chi connectivity index (χ0n) is 14.5. The van der Waals surface area contributed by atoms with Crippen LogP contribution in [-0.2, 0) is 0 Å². The fourth-order valence-corrected chi connectivity index (χ4v) is 3.03. The van der Waals surface area contributed by atoms with Gasteiger partial charge in [-0.2, -0.15) is 0 Å². The van der Waals surface area contributed by atoms with E-state index in [9.17, 15) is 0 Å². The van der Waals surface area contributed by atoms with Crippen LogP contribution in [-0.4, -0.2) is 5.11 Å². The third kappa shape index (κ3) is 4.68. The Labute approximate surface area is 154 Å². The fraction of sp³-hybridized carbons (Fsp3) is 0.136. The monoisotopic (exact) mass is 346 g/mol. The molecular formula is C22H22N2S. The van der Waals surface area contributed by atoms with Gasteiger partial charge in [0.05, 0.1) is 6.04 Å². The second-order valence-electron chi connectivity index (χ2n) is 6.22. The van der Waals surface area contributed by atoms with Crippen molar-refractivity contribution in [2.24, 2.45) is 0 Å². The van der Waals surface area contributed by atoms with E-state index in [1.807, 2.05) is 18.2 Å². The first-order valence-electron chi connectivity index (χ1n) is 8.37. The van der Waals surface area contributed by atoms with E-state index < -0.39 is 0 Å². The number of benzene rings is 3. The van der Waals surface area contributed by atoms with Gasteiger partial charge in [-0.15, -0.1) is 0 Å². The van der Waals surface area contributed by atoms with Gasteiger partial charge in [-0.25, -0.2) is 0 Å². The molecule has 3 rings (SSSR count). The molecule has 0 aliphatic rings. The highest BCUT2D eigenvalue weighted by Crippen LogP contribution is 2.23. The quantitative estimate of drug-likeness (QED) is 0.620. The van der Waals surface area contributed by atoms with Crippen LogP contribution in [0.25, 0.3) is 0 Å². The molecule has 0 heterocycles. The number of anilines is 1. The summed E-state index contributed by atoms with van der Waals surface area (Å²) in [5, 5.41) is 7.34. The summed E-state index contributed by atoms with van der Waals surface area (Å²) in [7, 11) is 0. The average Bonchev–Trinajstić information content (AvgIpc) is 2.62. The van der Waals surface area contributed by atoms with Crippen molar-refractivity contribution >= 4 is 23.0 Å². The maximum atomic E-state index is 5.56. The van der Waals surface area contributed by atoms with Gasteiger partial charge >= 0.3 is 0 Å². The molecule has 0 spiro atoms. The van der Waals surface area contributed by atoms with Gasteiger partial charge < -0.3 is 10.6 Å². The molecule has 0 fully saturated rings. The minimum atomic E-state index is 0.00606. The molecule has 25 heavy (non-hydrogen) atoms. The van der Waals surface area contributed by atoms with Crippen molar-refractivity contribution in [3.63, 3.8) is 0 Å². The number of hydrogen-bond donors (Lipinski definition) is 2. The summed E-state index contributed by atoms with van der Waals surface area (Å²) in [4.78, 5) is 0. The summed E-state index contributed by atoms with van der Waals surface area (Å²) >= 11 is 5.56. The molecular weight excluding hydrogens is 324 g/mol. The van der Waals surface area contributed by atoms with E-state index in [1.54, 1.807) is 0 Å². The van der Waals surface area contributed by atoms with Gasteiger partial charge in [0.1, 0.15) is 0 Å². The molecule has 0 aliphatic carbocycles. The van der Waals surface area contributed by atoms with Crippen LogP contribution in [0, 0.1) is 13.8 Å². The van der Waals surface area contributed by atoms with Crippen LogP contribution in [0.15, 0.2) is 78.9 Å². The van der Waals surface area contributed by atoms with Gasteiger partial charge in [-0.1, -0.05) is 77.9 Å². The number of hydrogen-bond acceptors (Lipinski definition) is 1. The lowest BCUT2D eigenvalue weighted by Gasteiger charge is -2.22. The Kier molecular flexibility index (Phi) is 5.46. The Morgan fingerprint density at radius 1 is 0.760 bits per heavy atom. The summed E-state index contributed by atoms with van der Waals surface area (Å²) in [6.07, 6.45) is 0. The standard InChI is InChI=1S/C22H22N2S/c1-16-11-13-20(14-12-16)23-22(25)24-21(18-8-4-3-5-9-18)19-10-6-7-17(2)15-19/h3-15,21H,1-2H3,(H2,23,24,25)/t21-/m1/s1. The summed E-state index contributed by atoms with van der Waals surface area (Å²) in [6.45, 7) is 4.18. The molecule has 2 nitrogen and oxygen atoms in total. The lowest BCUT2D eigenvalue weighted by molar-refractivity contribution is 0.768. The van der Waals surface area contributed by atoms with Gasteiger partial charge in [0, 0.05) is 5.69 Å². The first-order chi connectivity index (χ1) is 12.1. The molecule has 2 N–H and O–H groups in total. The molecule has 0 amide bonds. The van der Waals surface area contributed by atoms with E-state index in [-0.39, 0.29) is 6.04 Å². The topological polar surface area (TPSA) is 24.1 Å². The molecule has 0 radical (unpaired) electrons. The van der Waals surface area contributed by atoms with Gasteiger partial charge in [-0.05, 0) is 49.3 Å².